The van der Waals surface area contributed by atoms with Crippen LogP contribution in [0.2, 0.25) is 0 Å². The fraction of sp³-hybridized carbons (Fsp3) is 0.609. The highest BCUT2D eigenvalue weighted by molar-refractivity contribution is 7.11. The zero-order valence-corrected chi connectivity index (χ0v) is 19.1. The molecule has 2 atom stereocenters. The maximum Gasteiger partial charge on any atom is 0.225 e. The number of carbonyl (C=O) groups is 1. The van der Waals surface area contributed by atoms with Gasteiger partial charge in [-0.3, -0.25) is 9.69 Å². The molecule has 2 aliphatic rings. The minimum Gasteiger partial charge on any atom is -0.354 e. The van der Waals surface area contributed by atoms with Gasteiger partial charge in [0.05, 0.1) is 11.6 Å². The zero-order valence-electron chi connectivity index (χ0n) is 18.3. The molecule has 6 nitrogen and oxygen atoms in total. The number of thiophene rings is 1. The van der Waals surface area contributed by atoms with Gasteiger partial charge in [-0.1, -0.05) is 0 Å². The molecule has 4 heterocycles. The summed E-state index contributed by atoms with van der Waals surface area (Å²) in [6.07, 6.45) is 5.55. The number of anilines is 1. The van der Waals surface area contributed by atoms with Crippen molar-refractivity contribution in [2.24, 2.45) is 5.92 Å². The molecule has 0 aromatic carbocycles. The van der Waals surface area contributed by atoms with Crippen LogP contribution in [-0.2, 0) is 11.3 Å². The molecule has 0 radical (unpaired) electrons. The van der Waals surface area contributed by atoms with E-state index in [2.05, 4.69) is 39.2 Å². The predicted molar refractivity (Wildman–Crippen MR) is 122 cm³/mol. The number of aromatic nitrogens is 2. The maximum absolute atomic E-state index is 13.0. The normalized spacial score (nSPS) is 22.6. The van der Waals surface area contributed by atoms with Crippen LogP contribution in [0, 0.1) is 12.8 Å². The molecule has 0 saturated carbocycles. The van der Waals surface area contributed by atoms with Crippen LogP contribution in [0.15, 0.2) is 24.4 Å². The average molecular weight is 428 g/mol. The topological polar surface area (TPSA) is 61.4 Å². The molecule has 0 aliphatic carbocycles. The minimum absolute atomic E-state index is 0.0856. The number of piperidine rings is 1. The zero-order chi connectivity index (χ0) is 21.1. The van der Waals surface area contributed by atoms with Gasteiger partial charge in [-0.15, -0.1) is 11.3 Å². The SMILES string of the molecule is Cc1ccc(CN2C[C@@H](C(=O)NC(C)C)[C@H](c3ccnc(N4CCCCC4)n3)C2)s1. The molecule has 2 aromatic rings. The van der Waals surface area contributed by atoms with E-state index in [4.69, 9.17) is 4.98 Å². The van der Waals surface area contributed by atoms with E-state index in [0.29, 0.717) is 0 Å². The van der Waals surface area contributed by atoms with Gasteiger partial charge >= 0.3 is 0 Å². The van der Waals surface area contributed by atoms with Crippen LogP contribution >= 0.6 is 11.3 Å². The first-order valence-corrected chi connectivity index (χ1v) is 12.0. The monoisotopic (exact) mass is 427 g/mol. The Morgan fingerprint density at radius 3 is 2.70 bits per heavy atom. The predicted octanol–water partition coefficient (Wildman–Crippen LogP) is 3.58. The molecule has 2 aliphatic heterocycles. The average Bonchev–Trinajstić information content (AvgIpc) is 3.35. The summed E-state index contributed by atoms with van der Waals surface area (Å²) < 4.78 is 0. The first kappa shape index (κ1) is 21.2. The van der Waals surface area contributed by atoms with E-state index in [1.807, 2.05) is 37.4 Å². The Morgan fingerprint density at radius 1 is 1.20 bits per heavy atom. The molecule has 162 valence electrons. The minimum atomic E-state index is -0.0856. The lowest BCUT2D eigenvalue weighted by Gasteiger charge is -2.27. The molecule has 4 rings (SSSR count). The number of rotatable bonds is 6. The van der Waals surface area contributed by atoms with E-state index >= 15 is 0 Å². The summed E-state index contributed by atoms with van der Waals surface area (Å²) >= 11 is 1.84. The number of nitrogens with one attached hydrogen (secondary N) is 1. The molecule has 30 heavy (non-hydrogen) atoms. The Kier molecular flexibility index (Phi) is 6.68. The van der Waals surface area contributed by atoms with Crippen LogP contribution in [0.4, 0.5) is 5.95 Å². The Hall–Kier alpha value is -1.99. The number of amides is 1. The van der Waals surface area contributed by atoms with Gasteiger partial charge in [0.15, 0.2) is 0 Å². The number of hydrogen-bond donors (Lipinski definition) is 1. The Labute approximate surface area is 183 Å². The third-order valence-corrected chi connectivity index (χ3v) is 7.01. The van der Waals surface area contributed by atoms with Gasteiger partial charge in [-0.05, 0) is 58.2 Å². The third-order valence-electron chi connectivity index (χ3n) is 6.02. The van der Waals surface area contributed by atoms with Crippen LogP contribution < -0.4 is 10.2 Å². The molecule has 7 heteroatoms. The molecule has 0 unspecified atom stereocenters. The Morgan fingerprint density at radius 2 is 2.00 bits per heavy atom. The molecule has 1 N–H and O–H groups in total. The molecule has 2 fully saturated rings. The molecule has 0 bridgehead atoms. The Bertz CT molecular complexity index is 861. The van der Waals surface area contributed by atoms with Gasteiger partial charge in [0.2, 0.25) is 11.9 Å². The second-order valence-electron chi connectivity index (χ2n) is 8.91. The van der Waals surface area contributed by atoms with Crippen molar-refractivity contribution in [2.75, 3.05) is 31.1 Å². The number of nitrogens with zero attached hydrogens (tertiary/aromatic N) is 4. The van der Waals surface area contributed by atoms with Crippen molar-refractivity contribution in [3.63, 3.8) is 0 Å². The van der Waals surface area contributed by atoms with Crippen molar-refractivity contribution in [3.05, 3.63) is 39.8 Å². The van der Waals surface area contributed by atoms with Crippen LogP contribution in [0.3, 0.4) is 0 Å². The summed E-state index contributed by atoms with van der Waals surface area (Å²) in [4.78, 5) is 29.9. The highest BCUT2D eigenvalue weighted by atomic mass is 32.1. The second kappa shape index (κ2) is 9.43. The molecule has 1 amide bonds. The molecule has 2 saturated heterocycles. The van der Waals surface area contributed by atoms with Crippen molar-refractivity contribution < 1.29 is 4.79 Å². The van der Waals surface area contributed by atoms with Gasteiger partial charge < -0.3 is 10.2 Å². The highest BCUT2D eigenvalue weighted by Crippen LogP contribution is 2.34. The van der Waals surface area contributed by atoms with Crippen molar-refractivity contribution in [3.8, 4) is 0 Å². The summed E-state index contributed by atoms with van der Waals surface area (Å²) in [5.41, 5.74) is 0.999. The lowest BCUT2D eigenvalue weighted by atomic mass is 9.91. The van der Waals surface area contributed by atoms with Gasteiger partial charge in [-0.2, -0.15) is 0 Å². The van der Waals surface area contributed by atoms with Crippen molar-refractivity contribution in [1.29, 1.82) is 0 Å². The van der Waals surface area contributed by atoms with E-state index in [0.717, 1.165) is 44.4 Å². The van der Waals surface area contributed by atoms with Crippen LogP contribution in [0.25, 0.3) is 0 Å². The summed E-state index contributed by atoms with van der Waals surface area (Å²) in [5.74, 6) is 0.967. The van der Waals surface area contributed by atoms with E-state index < -0.39 is 0 Å². The Balaban J connectivity index is 1.55. The molecule has 2 aromatic heterocycles. The fourth-order valence-electron chi connectivity index (χ4n) is 4.58. The first-order chi connectivity index (χ1) is 14.5. The summed E-state index contributed by atoms with van der Waals surface area (Å²) in [6, 6.07) is 6.52. The summed E-state index contributed by atoms with van der Waals surface area (Å²) in [7, 11) is 0. The number of aryl methyl sites for hydroxylation is 1. The quantitative estimate of drug-likeness (QED) is 0.764. The standard InChI is InChI=1S/C23H33N5OS/c1-16(2)25-22(29)20-15-27(13-18-8-7-17(3)30-18)14-19(20)21-9-10-24-23(26-21)28-11-5-4-6-12-28/h7-10,16,19-20H,4-6,11-15H2,1-3H3,(H,25,29)/t19-,20-/m1/s1. The first-order valence-electron chi connectivity index (χ1n) is 11.2. The van der Waals surface area contributed by atoms with Crippen LogP contribution in [0.5, 0.6) is 0 Å². The molecular weight excluding hydrogens is 394 g/mol. The molecule has 0 spiro atoms. The van der Waals surface area contributed by atoms with Crippen LogP contribution in [0.1, 0.15) is 54.5 Å². The third kappa shape index (κ3) is 5.01. The number of hydrogen-bond acceptors (Lipinski definition) is 6. The van der Waals surface area contributed by atoms with Crippen molar-refractivity contribution in [1.82, 2.24) is 20.2 Å². The lowest BCUT2D eigenvalue weighted by Crippen LogP contribution is -2.38. The van der Waals surface area contributed by atoms with Gasteiger partial charge in [-0.25, -0.2) is 9.97 Å². The number of likely N-dealkylation sites (tertiary alicyclic amines) is 1. The largest absolute Gasteiger partial charge is 0.354 e. The molecular formula is C23H33N5OS. The van der Waals surface area contributed by atoms with E-state index in [1.54, 1.807) is 0 Å². The van der Waals surface area contributed by atoms with E-state index in [-0.39, 0.29) is 23.8 Å². The summed E-state index contributed by atoms with van der Waals surface area (Å²) in [5, 5.41) is 3.13. The van der Waals surface area contributed by atoms with Crippen LogP contribution in [-0.4, -0.2) is 53.0 Å². The lowest BCUT2D eigenvalue weighted by molar-refractivity contribution is -0.125. The number of carbonyl (C=O) groups excluding carboxylic acids is 1. The van der Waals surface area contributed by atoms with Gasteiger partial charge in [0.1, 0.15) is 0 Å². The van der Waals surface area contributed by atoms with Crippen molar-refractivity contribution in [2.45, 2.75) is 58.5 Å². The second-order valence-corrected chi connectivity index (χ2v) is 10.3. The van der Waals surface area contributed by atoms with E-state index in [1.165, 1.54) is 29.0 Å². The highest BCUT2D eigenvalue weighted by Gasteiger charge is 2.39. The van der Waals surface area contributed by atoms with E-state index in [9.17, 15) is 4.79 Å². The summed E-state index contributed by atoms with van der Waals surface area (Å²) in [6.45, 7) is 10.7. The van der Waals surface area contributed by atoms with Gasteiger partial charge in [0.25, 0.3) is 0 Å². The smallest absolute Gasteiger partial charge is 0.225 e. The maximum atomic E-state index is 13.0. The van der Waals surface area contributed by atoms with Crippen molar-refractivity contribution >= 4 is 23.2 Å². The van der Waals surface area contributed by atoms with Gasteiger partial charge in [0, 0.05) is 60.6 Å². The fourth-order valence-corrected chi connectivity index (χ4v) is 5.51.